The molecule has 0 aliphatic carbocycles. The van der Waals surface area contributed by atoms with Crippen LogP contribution in [0.15, 0.2) is 24.3 Å². The van der Waals surface area contributed by atoms with Gasteiger partial charge in [0, 0.05) is 49.5 Å². The summed E-state index contributed by atoms with van der Waals surface area (Å²) in [6, 6.07) is 7.23. The molecule has 0 bridgehead atoms. The Bertz CT molecular complexity index is 804. The lowest BCUT2D eigenvalue weighted by Crippen LogP contribution is -2.33. The molecule has 1 aliphatic rings. The van der Waals surface area contributed by atoms with Crippen molar-refractivity contribution in [2.75, 3.05) is 33.3 Å². The van der Waals surface area contributed by atoms with E-state index in [4.69, 9.17) is 4.74 Å². The largest absolute Gasteiger partial charge is 0.497 e. The smallest absolute Gasteiger partial charge is 0.282 e. The van der Waals surface area contributed by atoms with Gasteiger partial charge < -0.3 is 14.5 Å². The Morgan fingerprint density at radius 1 is 1.22 bits per heavy atom. The minimum atomic E-state index is 0.00221. The zero-order chi connectivity index (χ0) is 19.4. The molecule has 0 atom stereocenters. The molecule has 0 saturated heterocycles. The van der Waals surface area contributed by atoms with E-state index in [0.717, 1.165) is 17.0 Å². The lowest BCUT2D eigenvalue weighted by Gasteiger charge is -2.20. The van der Waals surface area contributed by atoms with Gasteiger partial charge in [-0.3, -0.25) is 9.59 Å². The monoisotopic (exact) mass is 387 g/mol. The van der Waals surface area contributed by atoms with Gasteiger partial charge in [0.1, 0.15) is 5.75 Å². The van der Waals surface area contributed by atoms with Crippen LogP contribution in [-0.2, 0) is 12.8 Å². The van der Waals surface area contributed by atoms with Crippen LogP contribution >= 0.6 is 11.3 Å². The van der Waals surface area contributed by atoms with E-state index in [1.165, 1.54) is 11.3 Å². The van der Waals surface area contributed by atoms with Gasteiger partial charge >= 0.3 is 0 Å². The number of hydrogen-bond donors (Lipinski definition) is 0. The van der Waals surface area contributed by atoms with E-state index in [9.17, 15) is 9.59 Å². The summed E-state index contributed by atoms with van der Waals surface area (Å²) in [5, 5.41) is 0.566. The van der Waals surface area contributed by atoms with Crippen LogP contribution in [0.25, 0.3) is 0 Å². The van der Waals surface area contributed by atoms with Crippen LogP contribution in [0, 0.1) is 0 Å². The summed E-state index contributed by atoms with van der Waals surface area (Å²) < 4.78 is 5.21. The Hall–Kier alpha value is -2.41. The molecule has 6 nitrogen and oxygen atoms in total. The standard InChI is InChI=1S/C20H25N3O3S/c1-4-22(5-2)20(25)18-21-16-9-11-23(12-10-17(16)27-18)19(24)14-7-6-8-15(13-14)26-3/h6-8,13H,4-5,9-12H2,1-3H3. The molecule has 0 saturated carbocycles. The van der Waals surface area contributed by atoms with Crippen LogP contribution in [0.2, 0.25) is 0 Å². The van der Waals surface area contributed by atoms with Crippen LogP contribution in [0.4, 0.5) is 0 Å². The van der Waals surface area contributed by atoms with Crippen molar-refractivity contribution in [2.45, 2.75) is 26.7 Å². The van der Waals surface area contributed by atoms with E-state index >= 15 is 0 Å². The SMILES string of the molecule is CCN(CC)C(=O)c1nc2c(s1)CCN(C(=O)c1cccc(OC)c1)CC2. The van der Waals surface area contributed by atoms with Gasteiger partial charge in [-0.05, 0) is 32.0 Å². The second-order valence-corrected chi connectivity index (χ2v) is 7.47. The third kappa shape index (κ3) is 4.13. The molecule has 144 valence electrons. The molecule has 7 heteroatoms. The molecular weight excluding hydrogens is 362 g/mol. The number of rotatable bonds is 5. The summed E-state index contributed by atoms with van der Waals surface area (Å²) in [5.41, 5.74) is 1.58. The van der Waals surface area contributed by atoms with Gasteiger partial charge in [0.05, 0.1) is 12.8 Å². The zero-order valence-corrected chi connectivity index (χ0v) is 16.8. The summed E-state index contributed by atoms with van der Waals surface area (Å²) in [5.74, 6) is 0.682. The lowest BCUT2D eigenvalue weighted by molar-refractivity contribution is 0.0755. The number of aromatic nitrogens is 1. The Morgan fingerprint density at radius 2 is 1.96 bits per heavy atom. The minimum Gasteiger partial charge on any atom is -0.497 e. The van der Waals surface area contributed by atoms with Gasteiger partial charge in [-0.1, -0.05) is 6.07 Å². The average molecular weight is 388 g/mol. The number of thiazole rings is 1. The molecular formula is C20H25N3O3S. The molecule has 0 radical (unpaired) electrons. The summed E-state index contributed by atoms with van der Waals surface area (Å²) in [7, 11) is 1.59. The minimum absolute atomic E-state index is 0.00221. The van der Waals surface area contributed by atoms with E-state index in [-0.39, 0.29) is 11.8 Å². The van der Waals surface area contributed by atoms with Gasteiger partial charge in [-0.15, -0.1) is 11.3 Å². The van der Waals surface area contributed by atoms with Crippen molar-refractivity contribution in [1.82, 2.24) is 14.8 Å². The summed E-state index contributed by atoms with van der Waals surface area (Å²) in [6.45, 7) is 6.55. The van der Waals surface area contributed by atoms with E-state index in [1.807, 2.05) is 36.9 Å². The number of nitrogens with zero attached hydrogens (tertiary/aromatic N) is 3. The molecule has 2 heterocycles. The maximum absolute atomic E-state index is 12.8. The predicted octanol–water partition coefficient (Wildman–Crippen LogP) is 2.87. The second kappa shape index (κ2) is 8.52. The van der Waals surface area contributed by atoms with Gasteiger partial charge in [0.2, 0.25) is 0 Å². The topological polar surface area (TPSA) is 62.7 Å². The third-order valence-corrected chi connectivity index (χ3v) is 5.99. The first-order valence-electron chi connectivity index (χ1n) is 9.28. The first-order chi connectivity index (χ1) is 13.1. The molecule has 1 aromatic carbocycles. The van der Waals surface area contributed by atoms with Gasteiger partial charge in [0.15, 0.2) is 5.01 Å². The summed E-state index contributed by atoms with van der Waals surface area (Å²) >= 11 is 1.47. The first-order valence-corrected chi connectivity index (χ1v) is 10.1. The molecule has 0 fully saturated rings. The maximum atomic E-state index is 12.8. The van der Waals surface area contributed by atoms with Gasteiger partial charge in [-0.2, -0.15) is 0 Å². The van der Waals surface area contributed by atoms with E-state index in [0.29, 0.717) is 48.9 Å². The van der Waals surface area contributed by atoms with Crippen molar-refractivity contribution >= 4 is 23.2 Å². The highest BCUT2D eigenvalue weighted by molar-refractivity contribution is 7.13. The quantitative estimate of drug-likeness (QED) is 0.791. The molecule has 1 aliphatic heterocycles. The number of methoxy groups -OCH3 is 1. The van der Waals surface area contributed by atoms with E-state index < -0.39 is 0 Å². The van der Waals surface area contributed by atoms with Crippen LogP contribution in [0.3, 0.4) is 0 Å². The number of hydrogen-bond acceptors (Lipinski definition) is 5. The number of benzene rings is 1. The Labute approximate surface area is 163 Å². The third-order valence-electron chi connectivity index (χ3n) is 4.84. The van der Waals surface area contributed by atoms with Crippen molar-refractivity contribution in [3.8, 4) is 5.75 Å². The van der Waals surface area contributed by atoms with Crippen LogP contribution in [-0.4, -0.2) is 59.9 Å². The fourth-order valence-corrected chi connectivity index (χ4v) is 4.31. The first kappa shape index (κ1) is 19.4. The van der Waals surface area contributed by atoms with Gasteiger partial charge in [-0.25, -0.2) is 4.98 Å². The van der Waals surface area contributed by atoms with Crippen LogP contribution in [0.1, 0.15) is 44.6 Å². The number of amides is 2. The van der Waals surface area contributed by atoms with Crippen molar-refractivity contribution < 1.29 is 14.3 Å². The highest BCUT2D eigenvalue weighted by Gasteiger charge is 2.25. The average Bonchev–Trinajstić information content (AvgIpc) is 3.01. The van der Waals surface area contributed by atoms with Crippen LogP contribution < -0.4 is 4.74 Å². The number of carbonyl (C=O) groups is 2. The molecule has 0 spiro atoms. The Balaban J connectivity index is 1.71. The summed E-state index contributed by atoms with van der Waals surface area (Å²) in [6.07, 6.45) is 1.40. The van der Waals surface area contributed by atoms with Crippen molar-refractivity contribution in [3.05, 3.63) is 45.4 Å². The Morgan fingerprint density at radius 3 is 2.67 bits per heavy atom. The summed E-state index contributed by atoms with van der Waals surface area (Å²) in [4.78, 5) is 34.7. The molecule has 2 aromatic rings. The Kier molecular flexibility index (Phi) is 6.11. The van der Waals surface area contributed by atoms with Crippen LogP contribution in [0.5, 0.6) is 5.75 Å². The number of carbonyl (C=O) groups excluding carboxylic acids is 2. The molecule has 2 amide bonds. The van der Waals surface area contributed by atoms with E-state index in [2.05, 4.69) is 4.98 Å². The lowest BCUT2D eigenvalue weighted by atomic mass is 10.2. The number of fused-ring (bicyclic) bond motifs is 1. The molecule has 3 rings (SSSR count). The van der Waals surface area contributed by atoms with Crippen molar-refractivity contribution in [1.29, 1.82) is 0 Å². The van der Waals surface area contributed by atoms with E-state index in [1.54, 1.807) is 18.1 Å². The molecule has 27 heavy (non-hydrogen) atoms. The normalized spacial score (nSPS) is 13.7. The van der Waals surface area contributed by atoms with Gasteiger partial charge in [0.25, 0.3) is 11.8 Å². The molecule has 0 N–H and O–H groups in total. The maximum Gasteiger partial charge on any atom is 0.282 e. The zero-order valence-electron chi connectivity index (χ0n) is 16.0. The second-order valence-electron chi connectivity index (χ2n) is 6.39. The fourth-order valence-electron chi connectivity index (χ4n) is 3.24. The van der Waals surface area contributed by atoms with Crippen molar-refractivity contribution in [3.63, 3.8) is 0 Å². The highest BCUT2D eigenvalue weighted by atomic mass is 32.1. The van der Waals surface area contributed by atoms with Crippen molar-refractivity contribution in [2.24, 2.45) is 0 Å². The fraction of sp³-hybridized carbons (Fsp3) is 0.450. The molecule has 0 unspecified atom stereocenters. The number of ether oxygens (including phenoxy) is 1. The highest BCUT2D eigenvalue weighted by Crippen LogP contribution is 2.25. The molecule has 1 aromatic heterocycles. The predicted molar refractivity (Wildman–Crippen MR) is 106 cm³/mol.